The lowest BCUT2D eigenvalue weighted by Crippen LogP contribution is -2.43. The molecule has 0 radical (unpaired) electrons. The molecule has 0 spiro atoms. The van der Waals surface area contributed by atoms with E-state index in [-0.39, 0.29) is 24.2 Å². The molecule has 1 aromatic rings. The quantitative estimate of drug-likeness (QED) is 0.396. The number of aryl methyl sites for hydroxylation is 1. The number of nitrogens with zero attached hydrogens (tertiary/aromatic N) is 1. The van der Waals surface area contributed by atoms with Crippen molar-refractivity contribution < 1.29 is 34.2 Å². The van der Waals surface area contributed by atoms with E-state index in [2.05, 4.69) is 10.8 Å². The van der Waals surface area contributed by atoms with Crippen LogP contribution in [0.25, 0.3) is 0 Å². The summed E-state index contributed by atoms with van der Waals surface area (Å²) in [6.07, 6.45) is 2.97. The molecule has 0 N–H and O–H groups in total. The first kappa shape index (κ1) is 21.3. The van der Waals surface area contributed by atoms with Crippen LogP contribution >= 0.6 is 0 Å². The van der Waals surface area contributed by atoms with Crippen molar-refractivity contribution in [1.82, 2.24) is 4.31 Å². The Balaban J connectivity index is 2.53. The highest BCUT2D eigenvalue weighted by molar-refractivity contribution is 7.89. The SMILES string of the molecule is C=CC[C@H]1CCC=C(OS(=O)(=O)C(F)(F)F)N1S(=O)(=O)c1ccc(C)cc1. The summed E-state index contributed by atoms with van der Waals surface area (Å²) in [5.41, 5.74) is -4.90. The van der Waals surface area contributed by atoms with Crippen molar-refractivity contribution >= 4 is 20.1 Å². The van der Waals surface area contributed by atoms with E-state index in [1.807, 2.05) is 0 Å². The molecule has 0 fully saturated rings. The first-order chi connectivity index (χ1) is 12.4. The number of hydrogen-bond donors (Lipinski definition) is 0. The highest BCUT2D eigenvalue weighted by Crippen LogP contribution is 2.35. The number of allylic oxidation sites excluding steroid dienone is 1. The van der Waals surface area contributed by atoms with Crippen LogP contribution in [0, 0.1) is 6.92 Å². The monoisotopic (exact) mass is 425 g/mol. The summed E-state index contributed by atoms with van der Waals surface area (Å²) in [7, 11) is -10.4. The molecule has 27 heavy (non-hydrogen) atoms. The number of sulfonamides is 1. The molecule has 0 unspecified atom stereocenters. The van der Waals surface area contributed by atoms with Crippen LogP contribution in [-0.2, 0) is 24.3 Å². The van der Waals surface area contributed by atoms with Crippen LogP contribution in [0.1, 0.15) is 24.8 Å². The number of benzene rings is 1. The van der Waals surface area contributed by atoms with Crippen LogP contribution in [0.5, 0.6) is 0 Å². The maximum Gasteiger partial charge on any atom is 0.534 e. The molecule has 0 saturated carbocycles. The predicted molar refractivity (Wildman–Crippen MR) is 92.2 cm³/mol. The lowest BCUT2D eigenvalue weighted by atomic mass is 10.1. The number of rotatable bonds is 6. The number of hydrogen-bond acceptors (Lipinski definition) is 5. The zero-order valence-electron chi connectivity index (χ0n) is 14.3. The van der Waals surface area contributed by atoms with E-state index in [1.165, 1.54) is 30.3 Å². The Kier molecular flexibility index (Phi) is 5.95. The van der Waals surface area contributed by atoms with E-state index in [9.17, 15) is 30.0 Å². The molecule has 1 aromatic carbocycles. The first-order valence-corrected chi connectivity index (χ1v) is 10.7. The summed E-state index contributed by atoms with van der Waals surface area (Å²) in [5.74, 6) is -0.883. The smallest absolute Gasteiger partial charge is 0.357 e. The summed E-state index contributed by atoms with van der Waals surface area (Å²) < 4.78 is 91.7. The Bertz CT molecular complexity index is 935. The van der Waals surface area contributed by atoms with E-state index >= 15 is 0 Å². The Morgan fingerprint density at radius 2 is 1.81 bits per heavy atom. The number of halogens is 3. The van der Waals surface area contributed by atoms with Crippen molar-refractivity contribution in [2.24, 2.45) is 0 Å². The van der Waals surface area contributed by atoms with Crippen LogP contribution in [0.15, 0.2) is 53.8 Å². The van der Waals surface area contributed by atoms with Gasteiger partial charge in [0.2, 0.25) is 5.88 Å². The van der Waals surface area contributed by atoms with Gasteiger partial charge in [-0.1, -0.05) is 23.8 Å². The van der Waals surface area contributed by atoms with Crippen LogP contribution in [-0.4, -0.2) is 32.7 Å². The van der Waals surface area contributed by atoms with Crippen molar-refractivity contribution in [3.63, 3.8) is 0 Å². The molecule has 1 aliphatic rings. The summed E-state index contributed by atoms with van der Waals surface area (Å²) in [6.45, 7) is 5.25. The average molecular weight is 425 g/mol. The lowest BCUT2D eigenvalue weighted by Gasteiger charge is -2.35. The largest absolute Gasteiger partial charge is 0.534 e. The minimum Gasteiger partial charge on any atom is -0.357 e. The van der Waals surface area contributed by atoms with E-state index in [0.29, 0.717) is 4.31 Å². The zero-order valence-corrected chi connectivity index (χ0v) is 15.9. The van der Waals surface area contributed by atoms with Crippen molar-refractivity contribution in [3.05, 3.63) is 54.4 Å². The van der Waals surface area contributed by atoms with E-state index in [4.69, 9.17) is 0 Å². The van der Waals surface area contributed by atoms with Gasteiger partial charge in [0, 0.05) is 0 Å². The molecule has 6 nitrogen and oxygen atoms in total. The van der Waals surface area contributed by atoms with E-state index in [0.717, 1.165) is 11.6 Å². The topological polar surface area (TPSA) is 80.8 Å². The fourth-order valence-corrected chi connectivity index (χ4v) is 4.72. The molecule has 0 aromatic heterocycles. The van der Waals surface area contributed by atoms with Crippen LogP contribution < -0.4 is 0 Å². The van der Waals surface area contributed by atoms with Gasteiger partial charge in [0.15, 0.2) is 0 Å². The molecule has 1 aliphatic heterocycles. The van der Waals surface area contributed by atoms with Crippen molar-refractivity contribution in [1.29, 1.82) is 0 Å². The van der Waals surface area contributed by atoms with Gasteiger partial charge in [0.05, 0.1) is 10.9 Å². The molecule has 2 rings (SSSR count). The second kappa shape index (κ2) is 7.55. The fraction of sp³-hybridized carbons (Fsp3) is 0.375. The van der Waals surface area contributed by atoms with Gasteiger partial charge in [-0.05, 0) is 44.4 Å². The Labute approximate surface area is 156 Å². The standard InChI is InChI=1S/C16H18F3NO5S2/c1-3-5-13-6-4-7-15(25-27(23,24)16(17,18)19)20(13)26(21,22)14-10-8-12(2)9-11-14/h3,7-11,13H,1,4-6H2,2H3/t13-/m0/s1. The van der Waals surface area contributed by atoms with Gasteiger partial charge in [-0.2, -0.15) is 21.6 Å². The molecular weight excluding hydrogens is 407 g/mol. The molecular formula is C16H18F3NO5S2. The maximum absolute atomic E-state index is 13.0. The van der Waals surface area contributed by atoms with Gasteiger partial charge in [0.1, 0.15) is 0 Å². The minimum absolute atomic E-state index is 0.109. The third-order valence-corrected chi connectivity index (χ3v) is 6.68. The first-order valence-electron chi connectivity index (χ1n) is 7.83. The second-order valence-corrected chi connectivity index (χ2v) is 9.25. The zero-order chi connectivity index (χ0) is 20.5. The van der Waals surface area contributed by atoms with Gasteiger partial charge in [-0.3, -0.25) is 0 Å². The molecule has 0 aliphatic carbocycles. The Morgan fingerprint density at radius 1 is 1.22 bits per heavy atom. The molecule has 11 heteroatoms. The van der Waals surface area contributed by atoms with E-state index < -0.39 is 37.6 Å². The highest BCUT2D eigenvalue weighted by Gasteiger charge is 2.50. The normalized spacial score (nSPS) is 18.7. The van der Waals surface area contributed by atoms with Gasteiger partial charge in [0.25, 0.3) is 10.0 Å². The molecule has 1 atom stereocenters. The van der Waals surface area contributed by atoms with Gasteiger partial charge in [-0.15, -0.1) is 6.58 Å². The lowest BCUT2D eigenvalue weighted by molar-refractivity contribution is -0.0535. The molecule has 0 saturated heterocycles. The van der Waals surface area contributed by atoms with Crippen LogP contribution in [0.4, 0.5) is 13.2 Å². The van der Waals surface area contributed by atoms with Gasteiger partial charge >= 0.3 is 15.6 Å². The highest BCUT2D eigenvalue weighted by atomic mass is 32.2. The second-order valence-electron chi connectivity index (χ2n) is 5.90. The summed E-state index contributed by atoms with van der Waals surface area (Å²) >= 11 is 0. The fourth-order valence-electron chi connectivity index (χ4n) is 2.56. The summed E-state index contributed by atoms with van der Waals surface area (Å²) in [5, 5.41) is 0. The van der Waals surface area contributed by atoms with Crippen LogP contribution in [0.3, 0.4) is 0 Å². The van der Waals surface area contributed by atoms with Crippen molar-refractivity contribution in [3.8, 4) is 0 Å². The molecule has 1 heterocycles. The minimum atomic E-state index is -6.02. The number of alkyl halides is 3. The van der Waals surface area contributed by atoms with E-state index in [1.54, 1.807) is 6.92 Å². The van der Waals surface area contributed by atoms with Crippen molar-refractivity contribution in [2.45, 2.75) is 42.6 Å². The third-order valence-electron chi connectivity index (χ3n) is 3.86. The third kappa shape index (κ3) is 4.46. The van der Waals surface area contributed by atoms with Gasteiger partial charge in [-0.25, -0.2) is 12.7 Å². The average Bonchev–Trinajstić information content (AvgIpc) is 2.54. The van der Waals surface area contributed by atoms with Crippen molar-refractivity contribution in [2.75, 3.05) is 0 Å². The predicted octanol–water partition coefficient (Wildman–Crippen LogP) is 3.43. The maximum atomic E-state index is 13.0. The molecule has 0 amide bonds. The summed E-state index contributed by atoms with van der Waals surface area (Å²) in [6, 6.07) is 4.81. The Hall–Kier alpha value is -2.01. The molecule has 150 valence electrons. The summed E-state index contributed by atoms with van der Waals surface area (Å²) in [4.78, 5) is -0.192. The van der Waals surface area contributed by atoms with Gasteiger partial charge < -0.3 is 4.18 Å². The molecule has 0 bridgehead atoms. The van der Waals surface area contributed by atoms with Crippen LogP contribution in [0.2, 0.25) is 0 Å². The Morgan fingerprint density at radius 3 is 2.33 bits per heavy atom.